The fraction of sp³-hybridized carbons (Fsp3) is 0.429. The third-order valence-corrected chi connectivity index (χ3v) is 3.94. The Kier molecular flexibility index (Phi) is 5.89. The number of rotatable bonds is 6. The average Bonchev–Trinajstić information content (AvgIpc) is 2.38. The van der Waals surface area contributed by atoms with Gasteiger partial charge in [-0.25, -0.2) is 0 Å². The molecule has 0 saturated heterocycles. The number of carboxylic acids is 1. The molecule has 2 unspecified atom stereocenters. The van der Waals surface area contributed by atoms with E-state index in [1.807, 2.05) is 13.8 Å². The minimum atomic E-state index is -0.887. The van der Waals surface area contributed by atoms with Crippen LogP contribution in [0.5, 0.6) is 0 Å². The SMILES string of the molecule is CCC(C)NC(=O)c1ccccc1SC(C)C(=O)O. The maximum atomic E-state index is 12.1. The lowest BCUT2D eigenvalue weighted by atomic mass is 10.2. The second-order valence-corrected chi connectivity index (χ2v) is 5.76. The molecule has 0 aliphatic heterocycles. The zero-order chi connectivity index (χ0) is 14.4. The van der Waals surface area contributed by atoms with Crippen LogP contribution in [0, 0.1) is 0 Å². The van der Waals surface area contributed by atoms with Crippen LogP contribution in [0.15, 0.2) is 29.2 Å². The van der Waals surface area contributed by atoms with Gasteiger partial charge < -0.3 is 10.4 Å². The van der Waals surface area contributed by atoms with Crippen molar-refractivity contribution in [2.24, 2.45) is 0 Å². The zero-order valence-corrected chi connectivity index (χ0v) is 12.2. The average molecular weight is 281 g/mol. The molecule has 1 aromatic carbocycles. The van der Waals surface area contributed by atoms with E-state index in [1.54, 1.807) is 31.2 Å². The first-order valence-corrected chi connectivity index (χ1v) is 7.13. The Morgan fingerprint density at radius 3 is 2.53 bits per heavy atom. The molecule has 0 heterocycles. The highest BCUT2D eigenvalue weighted by molar-refractivity contribution is 8.00. The number of aliphatic carboxylic acids is 1. The predicted molar refractivity (Wildman–Crippen MR) is 76.6 cm³/mol. The second kappa shape index (κ2) is 7.19. The lowest BCUT2D eigenvalue weighted by molar-refractivity contribution is -0.136. The van der Waals surface area contributed by atoms with Gasteiger partial charge in [-0.05, 0) is 32.4 Å². The van der Waals surface area contributed by atoms with Gasteiger partial charge in [0, 0.05) is 10.9 Å². The highest BCUT2D eigenvalue weighted by Crippen LogP contribution is 2.27. The Balaban J connectivity index is 2.89. The van der Waals surface area contributed by atoms with Gasteiger partial charge in [0.15, 0.2) is 0 Å². The number of carbonyl (C=O) groups excluding carboxylic acids is 1. The maximum absolute atomic E-state index is 12.1. The molecular formula is C14H19NO3S. The molecule has 0 aliphatic rings. The van der Waals surface area contributed by atoms with Crippen LogP contribution in [0.4, 0.5) is 0 Å². The van der Waals surface area contributed by atoms with Crippen LogP contribution >= 0.6 is 11.8 Å². The number of benzene rings is 1. The minimum absolute atomic E-state index is 0.0995. The lowest BCUT2D eigenvalue weighted by Crippen LogP contribution is -2.32. The number of carboxylic acid groups (broad SMARTS) is 1. The van der Waals surface area contributed by atoms with E-state index >= 15 is 0 Å². The topological polar surface area (TPSA) is 66.4 Å². The fourth-order valence-electron chi connectivity index (χ4n) is 1.40. The van der Waals surface area contributed by atoms with Crippen molar-refractivity contribution in [3.8, 4) is 0 Å². The van der Waals surface area contributed by atoms with Crippen LogP contribution in [0.3, 0.4) is 0 Å². The highest BCUT2D eigenvalue weighted by atomic mass is 32.2. The number of hydrogen-bond donors (Lipinski definition) is 2. The van der Waals surface area contributed by atoms with Crippen molar-refractivity contribution < 1.29 is 14.7 Å². The van der Waals surface area contributed by atoms with Crippen molar-refractivity contribution in [2.75, 3.05) is 0 Å². The Morgan fingerprint density at radius 1 is 1.32 bits per heavy atom. The van der Waals surface area contributed by atoms with Crippen molar-refractivity contribution in [1.29, 1.82) is 0 Å². The molecule has 0 saturated carbocycles. The number of nitrogens with one attached hydrogen (secondary N) is 1. The summed E-state index contributed by atoms with van der Waals surface area (Å²) in [6.45, 7) is 5.54. The Hall–Kier alpha value is -1.49. The molecule has 0 aromatic heterocycles. The summed E-state index contributed by atoms with van der Waals surface area (Å²) in [4.78, 5) is 23.7. The van der Waals surface area contributed by atoms with Crippen molar-refractivity contribution >= 4 is 23.6 Å². The Morgan fingerprint density at radius 2 is 1.95 bits per heavy atom. The molecule has 19 heavy (non-hydrogen) atoms. The van der Waals surface area contributed by atoms with Gasteiger partial charge in [-0.3, -0.25) is 9.59 Å². The summed E-state index contributed by atoms with van der Waals surface area (Å²) in [5.74, 6) is -1.04. The van der Waals surface area contributed by atoms with E-state index in [0.29, 0.717) is 10.5 Å². The summed E-state index contributed by atoms with van der Waals surface area (Å²) in [6, 6.07) is 7.17. The quantitative estimate of drug-likeness (QED) is 0.787. The lowest BCUT2D eigenvalue weighted by Gasteiger charge is -2.14. The third-order valence-electron chi connectivity index (χ3n) is 2.77. The van der Waals surface area contributed by atoms with Gasteiger partial charge in [-0.15, -0.1) is 11.8 Å². The van der Waals surface area contributed by atoms with Crippen LogP contribution in [-0.4, -0.2) is 28.3 Å². The van der Waals surface area contributed by atoms with Gasteiger partial charge in [0.05, 0.1) is 5.56 Å². The molecular weight excluding hydrogens is 262 g/mol. The third kappa shape index (κ3) is 4.59. The molecule has 4 nitrogen and oxygen atoms in total. The van der Waals surface area contributed by atoms with Gasteiger partial charge in [-0.1, -0.05) is 19.1 Å². The van der Waals surface area contributed by atoms with Gasteiger partial charge >= 0.3 is 5.97 Å². The number of thioether (sulfide) groups is 1. The molecule has 1 rings (SSSR count). The van der Waals surface area contributed by atoms with E-state index in [-0.39, 0.29) is 11.9 Å². The molecule has 5 heteroatoms. The summed E-state index contributed by atoms with van der Waals surface area (Å²) in [6.07, 6.45) is 0.854. The number of amides is 1. The van der Waals surface area contributed by atoms with Crippen molar-refractivity contribution in [1.82, 2.24) is 5.32 Å². The van der Waals surface area contributed by atoms with Crippen LogP contribution < -0.4 is 5.32 Å². The summed E-state index contributed by atoms with van der Waals surface area (Å²) >= 11 is 1.18. The standard InChI is InChI=1S/C14H19NO3S/c1-4-9(2)15-13(16)11-7-5-6-8-12(11)19-10(3)14(17)18/h5-10H,4H2,1-3H3,(H,15,16)(H,17,18). The molecule has 104 valence electrons. The van der Waals surface area contributed by atoms with Crippen LogP contribution in [0.2, 0.25) is 0 Å². The Labute approximate surface area is 117 Å². The van der Waals surface area contributed by atoms with Crippen LogP contribution in [0.25, 0.3) is 0 Å². The van der Waals surface area contributed by atoms with Gasteiger partial charge in [0.1, 0.15) is 5.25 Å². The van der Waals surface area contributed by atoms with E-state index in [9.17, 15) is 9.59 Å². The molecule has 0 fully saturated rings. The molecule has 2 N–H and O–H groups in total. The van der Waals surface area contributed by atoms with Gasteiger partial charge in [-0.2, -0.15) is 0 Å². The van der Waals surface area contributed by atoms with Crippen molar-refractivity contribution in [2.45, 2.75) is 43.4 Å². The number of hydrogen-bond acceptors (Lipinski definition) is 3. The Bertz CT molecular complexity index is 462. The molecule has 0 aliphatic carbocycles. The largest absolute Gasteiger partial charge is 0.480 e. The minimum Gasteiger partial charge on any atom is -0.480 e. The van der Waals surface area contributed by atoms with E-state index in [1.165, 1.54) is 11.8 Å². The first-order chi connectivity index (χ1) is 8.95. The summed E-state index contributed by atoms with van der Waals surface area (Å²) < 4.78 is 0. The van der Waals surface area contributed by atoms with Crippen LogP contribution in [-0.2, 0) is 4.79 Å². The summed E-state index contributed by atoms with van der Waals surface area (Å²) in [7, 11) is 0. The second-order valence-electron chi connectivity index (χ2n) is 4.38. The van der Waals surface area contributed by atoms with Gasteiger partial charge in [0.2, 0.25) is 0 Å². The first kappa shape index (κ1) is 15.6. The molecule has 0 bridgehead atoms. The van der Waals surface area contributed by atoms with E-state index in [2.05, 4.69) is 5.32 Å². The smallest absolute Gasteiger partial charge is 0.316 e. The van der Waals surface area contributed by atoms with Crippen molar-refractivity contribution in [3.63, 3.8) is 0 Å². The fourth-order valence-corrected chi connectivity index (χ4v) is 2.33. The number of carbonyl (C=O) groups is 2. The molecule has 0 spiro atoms. The van der Waals surface area contributed by atoms with Gasteiger partial charge in [0.25, 0.3) is 5.91 Å². The molecule has 1 amide bonds. The summed E-state index contributed by atoms with van der Waals surface area (Å²) in [5, 5.41) is 11.2. The monoisotopic (exact) mass is 281 g/mol. The van der Waals surface area contributed by atoms with E-state index in [0.717, 1.165) is 6.42 Å². The normalized spacial score (nSPS) is 13.6. The highest BCUT2D eigenvalue weighted by Gasteiger charge is 2.18. The zero-order valence-electron chi connectivity index (χ0n) is 11.3. The molecule has 0 radical (unpaired) electrons. The maximum Gasteiger partial charge on any atom is 0.316 e. The molecule has 2 atom stereocenters. The predicted octanol–water partition coefficient (Wildman–Crippen LogP) is 2.78. The van der Waals surface area contributed by atoms with Crippen molar-refractivity contribution in [3.05, 3.63) is 29.8 Å². The van der Waals surface area contributed by atoms with E-state index < -0.39 is 11.2 Å². The van der Waals surface area contributed by atoms with Crippen LogP contribution in [0.1, 0.15) is 37.6 Å². The first-order valence-electron chi connectivity index (χ1n) is 6.25. The molecule has 1 aromatic rings. The van der Waals surface area contributed by atoms with E-state index in [4.69, 9.17) is 5.11 Å². The summed E-state index contributed by atoms with van der Waals surface area (Å²) in [5.41, 5.74) is 0.529.